The summed E-state index contributed by atoms with van der Waals surface area (Å²) in [5.74, 6) is -4.41. The van der Waals surface area contributed by atoms with Crippen LogP contribution in [0, 0.1) is 11.6 Å². The van der Waals surface area contributed by atoms with Crippen LogP contribution in [0.15, 0.2) is 82.5 Å². The maximum Gasteiger partial charge on any atom is 0.294 e. The SMILES string of the molecule is COc1cc(Cl)cc2cc(C(=O)C3=C(O)C(=O)N(c4ccc(F)cc4F)C3c3ccccc3)oc12. The zero-order valence-electron chi connectivity index (χ0n) is 18.1. The van der Waals surface area contributed by atoms with Crippen molar-refractivity contribution in [1.82, 2.24) is 0 Å². The van der Waals surface area contributed by atoms with Gasteiger partial charge in [0.25, 0.3) is 5.91 Å². The second-order valence-corrected chi connectivity index (χ2v) is 8.25. The molecule has 0 radical (unpaired) electrons. The zero-order chi connectivity index (χ0) is 24.9. The molecule has 2 heterocycles. The molecule has 1 aromatic heterocycles. The number of ketones is 1. The molecule has 1 amide bonds. The van der Waals surface area contributed by atoms with E-state index < -0.39 is 35.1 Å². The smallest absolute Gasteiger partial charge is 0.294 e. The highest BCUT2D eigenvalue weighted by Crippen LogP contribution is 2.43. The molecule has 0 fully saturated rings. The molecule has 3 aromatic carbocycles. The molecule has 1 N–H and O–H groups in total. The van der Waals surface area contributed by atoms with Gasteiger partial charge in [-0.15, -0.1) is 0 Å². The Bertz CT molecular complexity index is 1530. The van der Waals surface area contributed by atoms with E-state index >= 15 is 0 Å². The minimum absolute atomic E-state index is 0.183. The molecule has 1 unspecified atom stereocenters. The summed E-state index contributed by atoms with van der Waals surface area (Å²) in [6.07, 6.45) is 0. The average Bonchev–Trinajstić information content (AvgIpc) is 3.38. The number of aliphatic hydroxyl groups excluding tert-OH is 1. The Labute approximate surface area is 202 Å². The normalized spacial score (nSPS) is 15.8. The maximum absolute atomic E-state index is 14.7. The quantitative estimate of drug-likeness (QED) is 0.336. The predicted octanol–water partition coefficient (Wildman–Crippen LogP) is 6.16. The van der Waals surface area contributed by atoms with Crippen LogP contribution < -0.4 is 9.64 Å². The molecule has 1 aliphatic rings. The van der Waals surface area contributed by atoms with Crippen molar-refractivity contribution in [3.05, 3.63) is 106 Å². The van der Waals surface area contributed by atoms with Crippen LogP contribution in [0.4, 0.5) is 14.5 Å². The highest BCUT2D eigenvalue weighted by atomic mass is 35.5. The van der Waals surface area contributed by atoms with Gasteiger partial charge < -0.3 is 14.3 Å². The number of hydrogen-bond donors (Lipinski definition) is 1. The molecule has 1 atom stereocenters. The third kappa shape index (κ3) is 3.72. The largest absolute Gasteiger partial charge is 0.503 e. The van der Waals surface area contributed by atoms with Crippen molar-refractivity contribution in [2.45, 2.75) is 6.04 Å². The number of Topliss-reactive ketones (excluding diaryl/α,β-unsaturated/α-hetero) is 1. The van der Waals surface area contributed by atoms with Gasteiger partial charge in [-0.25, -0.2) is 8.78 Å². The monoisotopic (exact) mass is 495 g/mol. The maximum atomic E-state index is 14.7. The van der Waals surface area contributed by atoms with E-state index in [0.29, 0.717) is 27.8 Å². The average molecular weight is 496 g/mol. The van der Waals surface area contributed by atoms with E-state index in [2.05, 4.69) is 0 Å². The summed E-state index contributed by atoms with van der Waals surface area (Å²) in [5.41, 5.74) is 0.0720. The highest BCUT2D eigenvalue weighted by molar-refractivity contribution is 6.31. The summed E-state index contributed by atoms with van der Waals surface area (Å²) < 4.78 is 39.3. The molecule has 176 valence electrons. The second kappa shape index (κ2) is 8.56. The van der Waals surface area contributed by atoms with Crippen molar-refractivity contribution < 1.29 is 32.6 Å². The van der Waals surface area contributed by atoms with Crippen molar-refractivity contribution in [3.8, 4) is 5.75 Å². The molecule has 1 aliphatic heterocycles. The van der Waals surface area contributed by atoms with Crippen LogP contribution in [-0.4, -0.2) is 23.9 Å². The molecule has 4 aromatic rings. The van der Waals surface area contributed by atoms with Gasteiger partial charge in [0.2, 0.25) is 5.78 Å². The van der Waals surface area contributed by atoms with Crippen LogP contribution >= 0.6 is 11.6 Å². The minimum Gasteiger partial charge on any atom is -0.503 e. The molecular formula is C26H16ClF2NO5. The number of anilines is 1. The number of ether oxygens (including phenoxy) is 1. The van der Waals surface area contributed by atoms with Crippen molar-refractivity contribution in [3.63, 3.8) is 0 Å². The van der Waals surface area contributed by atoms with Crippen LogP contribution in [0.3, 0.4) is 0 Å². The first kappa shape index (κ1) is 22.6. The number of carbonyl (C=O) groups excluding carboxylic acids is 2. The number of fused-ring (bicyclic) bond motifs is 1. The lowest BCUT2D eigenvalue weighted by Gasteiger charge is -2.27. The minimum atomic E-state index is -1.20. The molecule has 35 heavy (non-hydrogen) atoms. The number of benzene rings is 3. The van der Waals surface area contributed by atoms with E-state index in [0.717, 1.165) is 17.0 Å². The second-order valence-electron chi connectivity index (χ2n) is 7.81. The van der Waals surface area contributed by atoms with E-state index in [4.69, 9.17) is 20.8 Å². The molecule has 5 rings (SSSR count). The van der Waals surface area contributed by atoms with Gasteiger partial charge in [-0.2, -0.15) is 0 Å². The van der Waals surface area contributed by atoms with Crippen molar-refractivity contribution in [2.75, 3.05) is 12.0 Å². The third-order valence-corrected chi connectivity index (χ3v) is 5.95. The fourth-order valence-electron chi connectivity index (χ4n) is 4.20. The summed E-state index contributed by atoms with van der Waals surface area (Å²) in [6.45, 7) is 0. The van der Waals surface area contributed by atoms with Crippen LogP contribution in [0.25, 0.3) is 11.0 Å². The van der Waals surface area contributed by atoms with Gasteiger partial charge >= 0.3 is 0 Å². The van der Waals surface area contributed by atoms with Gasteiger partial charge in [0.05, 0.1) is 24.4 Å². The third-order valence-electron chi connectivity index (χ3n) is 5.73. The van der Waals surface area contributed by atoms with E-state index in [1.54, 1.807) is 36.4 Å². The lowest BCUT2D eigenvalue weighted by Crippen LogP contribution is -2.31. The Hall–Kier alpha value is -4.17. The predicted molar refractivity (Wildman–Crippen MR) is 125 cm³/mol. The van der Waals surface area contributed by atoms with E-state index in [-0.39, 0.29) is 22.6 Å². The van der Waals surface area contributed by atoms with Gasteiger partial charge in [0, 0.05) is 22.5 Å². The Morgan fingerprint density at radius 1 is 1.09 bits per heavy atom. The number of rotatable bonds is 5. The van der Waals surface area contributed by atoms with Crippen molar-refractivity contribution in [1.29, 1.82) is 0 Å². The first-order valence-corrected chi connectivity index (χ1v) is 10.8. The Balaban J connectivity index is 1.67. The number of nitrogens with zero attached hydrogens (tertiary/aromatic N) is 1. The lowest BCUT2D eigenvalue weighted by atomic mass is 9.94. The topological polar surface area (TPSA) is 80.0 Å². The summed E-state index contributed by atoms with van der Waals surface area (Å²) in [7, 11) is 1.42. The van der Waals surface area contributed by atoms with Crippen molar-refractivity contribution >= 4 is 39.9 Å². The molecule has 0 bridgehead atoms. The van der Waals surface area contributed by atoms with Crippen LogP contribution in [0.2, 0.25) is 5.02 Å². The van der Waals surface area contributed by atoms with Crippen molar-refractivity contribution in [2.24, 2.45) is 0 Å². The van der Waals surface area contributed by atoms with Gasteiger partial charge in [0.1, 0.15) is 11.6 Å². The Kier molecular flexibility index (Phi) is 5.53. The highest BCUT2D eigenvalue weighted by Gasteiger charge is 2.46. The number of hydrogen-bond acceptors (Lipinski definition) is 5. The van der Waals surface area contributed by atoms with Crippen LogP contribution in [0.5, 0.6) is 5.75 Å². The van der Waals surface area contributed by atoms with Crippen LogP contribution in [0.1, 0.15) is 22.2 Å². The van der Waals surface area contributed by atoms with E-state index in [1.165, 1.54) is 19.2 Å². The number of aliphatic hydroxyl groups is 1. The molecule has 9 heteroatoms. The van der Waals surface area contributed by atoms with Gasteiger partial charge in [-0.3, -0.25) is 14.5 Å². The Morgan fingerprint density at radius 3 is 2.51 bits per heavy atom. The Morgan fingerprint density at radius 2 is 1.83 bits per heavy atom. The number of amides is 1. The number of halogens is 3. The molecule has 6 nitrogen and oxygen atoms in total. The van der Waals surface area contributed by atoms with E-state index in [1.807, 2.05) is 0 Å². The number of carbonyl (C=O) groups is 2. The molecule has 0 spiro atoms. The van der Waals surface area contributed by atoms with E-state index in [9.17, 15) is 23.5 Å². The first-order valence-electron chi connectivity index (χ1n) is 10.4. The summed E-state index contributed by atoms with van der Waals surface area (Å²) >= 11 is 6.11. The molecule has 0 aliphatic carbocycles. The van der Waals surface area contributed by atoms with Gasteiger partial charge in [-0.1, -0.05) is 41.9 Å². The zero-order valence-corrected chi connectivity index (χ0v) is 18.8. The van der Waals surface area contributed by atoms with Gasteiger partial charge in [-0.05, 0) is 29.8 Å². The molecular weight excluding hydrogens is 480 g/mol. The summed E-state index contributed by atoms with van der Waals surface area (Å²) in [4.78, 5) is 27.7. The van der Waals surface area contributed by atoms with Crippen LogP contribution in [-0.2, 0) is 4.79 Å². The number of furan rings is 1. The fourth-order valence-corrected chi connectivity index (χ4v) is 4.41. The summed E-state index contributed by atoms with van der Waals surface area (Å²) in [6, 6.07) is 14.3. The van der Waals surface area contributed by atoms with Gasteiger partial charge in [0.15, 0.2) is 22.9 Å². The fraction of sp³-hybridized carbons (Fsp3) is 0.0769. The first-order chi connectivity index (χ1) is 16.8. The summed E-state index contributed by atoms with van der Waals surface area (Å²) in [5, 5.41) is 11.6. The molecule has 0 saturated carbocycles. The lowest BCUT2D eigenvalue weighted by molar-refractivity contribution is -0.117. The molecule has 0 saturated heterocycles. The standard InChI is InChI=1S/C26H16ClF2NO5/c1-34-20-11-15(27)9-14-10-19(35-25(14)20)23(31)21-22(13-5-3-2-4-6-13)30(26(33)24(21)32)18-8-7-16(28)12-17(18)29/h2-12,22,32H,1H3. The number of methoxy groups -OCH3 is 1.